The number of methoxy groups -OCH3 is 2. The number of nitriles is 1. The van der Waals surface area contributed by atoms with Crippen LogP contribution in [0.1, 0.15) is 11.1 Å². The molecule has 0 bridgehead atoms. The third-order valence-electron chi connectivity index (χ3n) is 4.53. The van der Waals surface area contributed by atoms with E-state index in [0.717, 1.165) is 28.3 Å². The van der Waals surface area contributed by atoms with Gasteiger partial charge in [-0.1, -0.05) is 30.3 Å². The Kier molecular flexibility index (Phi) is 7.34. The maximum Gasteiger partial charge on any atom is 0.122 e. The van der Waals surface area contributed by atoms with E-state index in [9.17, 15) is 5.26 Å². The molecule has 0 saturated carbocycles. The van der Waals surface area contributed by atoms with Crippen molar-refractivity contribution in [3.63, 3.8) is 0 Å². The number of ether oxygens (including phenoxy) is 3. The van der Waals surface area contributed by atoms with E-state index in [1.165, 1.54) is 0 Å². The average Bonchev–Trinajstić information content (AvgIpc) is 2.81. The van der Waals surface area contributed by atoms with Crippen molar-refractivity contribution in [3.05, 3.63) is 95.7 Å². The largest absolute Gasteiger partial charge is 0.497 e. The van der Waals surface area contributed by atoms with Crippen molar-refractivity contribution in [1.82, 2.24) is 0 Å². The maximum absolute atomic E-state index is 9.55. The lowest BCUT2D eigenvalue weighted by Crippen LogP contribution is -2.00. The van der Waals surface area contributed by atoms with Crippen LogP contribution in [-0.4, -0.2) is 14.2 Å². The lowest BCUT2D eigenvalue weighted by atomic mass is 10.1. The second-order valence-corrected chi connectivity index (χ2v) is 6.58. The first kappa shape index (κ1) is 20.8. The van der Waals surface area contributed by atoms with Crippen molar-refractivity contribution in [3.8, 4) is 23.3 Å². The first-order valence-corrected chi connectivity index (χ1v) is 9.55. The van der Waals surface area contributed by atoms with Crippen LogP contribution in [0.3, 0.4) is 0 Å². The monoisotopic (exact) mass is 400 g/mol. The third-order valence-corrected chi connectivity index (χ3v) is 4.53. The van der Waals surface area contributed by atoms with Crippen LogP contribution in [0.2, 0.25) is 0 Å². The second kappa shape index (κ2) is 10.6. The molecule has 0 spiro atoms. The van der Waals surface area contributed by atoms with Crippen LogP contribution in [0, 0.1) is 11.3 Å². The van der Waals surface area contributed by atoms with Gasteiger partial charge in [0, 0.05) is 29.4 Å². The van der Waals surface area contributed by atoms with Crippen LogP contribution in [0.4, 0.5) is 5.69 Å². The number of anilines is 1. The predicted molar refractivity (Wildman–Crippen MR) is 118 cm³/mol. The van der Waals surface area contributed by atoms with E-state index >= 15 is 0 Å². The van der Waals surface area contributed by atoms with Crippen molar-refractivity contribution in [2.45, 2.75) is 13.0 Å². The summed E-state index contributed by atoms with van der Waals surface area (Å²) in [5.41, 5.74) is 3.43. The molecule has 0 aromatic heterocycles. The molecule has 152 valence electrons. The Hall–Kier alpha value is -3.91. The Morgan fingerprint density at radius 2 is 1.67 bits per heavy atom. The van der Waals surface area contributed by atoms with Gasteiger partial charge in [-0.2, -0.15) is 5.26 Å². The van der Waals surface area contributed by atoms with Gasteiger partial charge in [-0.15, -0.1) is 0 Å². The molecule has 0 aliphatic heterocycles. The smallest absolute Gasteiger partial charge is 0.122 e. The summed E-state index contributed by atoms with van der Waals surface area (Å²) in [4.78, 5) is 0. The Balaban J connectivity index is 1.70. The molecule has 5 heteroatoms. The standard InChI is InChI=1S/C25H24N2O3/c1-28-23-10-8-19(9-11-23)18-30-24-12-13-25(29-2)21(15-24)14-20(16-26)17-27-22-6-4-3-5-7-22/h3-13,15,17,27H,14,18H2,1-2H3/b20-17-. The number of para-hydroxylation sites is 1. The van der Waals surface area contributed by atoms with E-state index in [-0.39, 0.29) is 0 Å². The molecule has 30 heavy (non-hydrogen) atoms. The Labute approximate surface area is 177 Å². The molecule has 0 aliphatic rings. The van der Waals surface area contributed by atoms with Gasteiger partial charge in [-0.3, -0.25) is 0 Å². The molecule has 3 aromatic rings. The summed E-state index contributed by atoms with van der Waals surface area (Å²) in [6.07, 6.45) is 2.15. The van der Waals surface area contributed by atoms with Gasteiger partial charge in [0.05, 0.1) is 20.3 Å². The normalized spacial score (nSPS) is 10.8. The summed E-state index contributed by atoms with van der Waals surface area (Å²) in [6.45, 7) is 0.437. The molecule has 0 amide bonds. The van der Waals surface area contributed by atoms with Crippen molar-refractivity contribution in [1.29, 1.82) is 5.26 Å². The molecule has 0 unspecified atom stereocenters. The summed E-state index contributed by atoms with van der Waals surface area (Å²) < 4.78 is 16.6. The van der Waals surface area contributed by atoms with Gasteiger partial charge < -0.3 is 19.5 Å². The van der Waals surface area contributed by atoms with Crippen LogP contribution in [-0.2, 0) is 13.0 Å². The van der Waals surface area contributed by atoms with E-state index < -0.39 is 0 Å². The quantitative estimate of drug-likeness (QED) is 0.491. The summed E-state index contributed by atoms with van der Waals surface area (Å²) in [5.74, 6) is 2.24. The molecule has 3 rings (SSSR count). The van der Waals surface area contributed by atoms with Gasteiger partial charge >= 0.3 is 0 Å². The van der Waals surface area contributed by atoms with Crippen molar-refractivity contribution >= 4 is 5.69 Å². The Bertz CT molecular complexity index is 1020. The molecule has 0 fully saturated rings. The number of nitrogens with one attached hydrogen (secondary N) is 1. The summed E-state index contributed by atoms with van der Waals surface area (Å²) >= 11 is 0. The first-order chi connectivity index (χ1) is 14.7. The van der Waals surface area contributed by atoms with Gasteiger partial charge in [-0.25, -0.2) is 0 Å². The van der Waals surface area contributed by atoms with E-state index in [1.807, 2.05) is 72.8 Å². The number of rotatable bonds is 9. The lowest BCUT2D eigenvalue weighted by Gasteiger charge is -2.12. The fourth-order valence-electron chi connectivity index (χ4n) is 2.90. The number of benzene rings is 3. The molecule has 5 nitrogen and oxygen atoms in total. The maximum atomic E-state index is 9.55. The van der Waals surface area contributed by atoms with E-state index in [2.05, 4.69) is 11.4 Å². The van der Waals surface area contributed by atoms with Gasteiger partial charge in [-0.05, 0) is 48.0 Å². The van der Waals surface area contributed by atoms with Gasteiger partial charge in [0.25, 0.3) is 0 Å². The Morgan fingerprint density at radius 1 is 0.933 bits per heavy atom. The molecule has 0 saturated heterocycles. The molecule has 3 aromatic carbocycles. The van der Waals surface area contributed by atoms with E-state index in [0.29, 0.717) is 24.4 Å². The average molecular weight is 400 g/mol. The zero-order chi connectivity index (χ0) is 21.2. The van der Waals surface area contributed by atoms with Crippen molar-refractivity contribution in [2.75, 3.05) is 19.5 Å². The minimum atomic E-state index is 0.430. The molecule has 1 N–H and O–H groups in total. The summed E-state index contributed by atoms with van der Waals surface area (Å²) in [6, 6.07) is 25.3. The van der Waals surface area contributed by atoms with E-state index in [1.54, 1.807) is 20.4 Å². The topological polar surface area (TPSA) is 63.5 Å². The number of hydrogen-bond donors (Lipinski definition) is 1. The highest BCUT2D eigenvalue weighted by molar-refractivity contribution is 5.49. The SMILES string of the molecule is COc1ccc(COc2ccc(OC)c(C/C(C#N)=C/Nc3ccccc3)c2)cc1. The molecular weight excluding hydrogens is 376 g/mol. The fraction of sp³-hybridized carbons (Fsp3) is 0.160. The minimum Gasteiger partial charge on any atom is -0.497 e. The molecule has 0 heterocycles. The van der Waals surface area contributed by atoms with Gasteiger partial charge in [0.1, 0.15) is 23.9 Å². The van der Waals surface area contributed by atoms with Gasteiger partial charge in [0.15, 0.2) is 0 Å². The first-order valence-electron chi connectivity index (χ1n) is 9.55. The number of nitrogens with zero attached hydrogens (tertiary/aromatic N) is 1. The van der Waals surface area contributed by atoms with Crippen LogP contribution in [0.25, 0.3) is 0 Å². The highest BCUT2D eigenvalue weighted by atomic mass is 16.5. The zero-order valence-electron chi connectivity index (χ0n) is 17.1. The third kappa shape index (κ3) is 5.79. The number of allylic oxidation sites excluding steroid dienone is 1. The molecule has 0 radical (unpaired) electrons. The van der Waals surface area contributed by atoms with Gasteiger partial charge in [0.2, 0.25) is 0 Å². The fourth-order valence-corrected chi connectivity index (χ4v) is 2.90. The summed E-state index contributed by atoms with van der Waals surface area (Å²) in [5, 5.41) is 12.7. The zero-order valence-corrected chi connectivity index (χ0v) is 17.1. The lowest BCUT2D eigenvalue weighted by molar-refractivity contribution is 0.304. The highest BCUT2D eigenvalue weighted by Crippen LogP contribution is 2.27. The van der Waals surface area contributed by atoms with Crippen LogP contribution in [0.5, 0.6) is 17.2 Å². The number of hydrogen-bond acceptors (Lipinski definition) is 5. The van der Waals surface area contributed by atoms with Crippen LogP contribution in [0.15, 0.2) is 84.6 Å². The minimum absolute atomic E-state index is 0.430. The predicted octanol–water partition coefficient (Wildman–Crippen LogP) is 5.34. The van der Waals surface area contributed by atoms with Crippen LogP contribution < -0.4 is 19.5 Å². The Morgan fingerprint density at radius 3 is 2.33 bits per heavy atom. The second-order valence-electron chi connectivity index (χ2n) is 6.58. The molecule has 0 aliphatic carbocycles. The molecule has 0 atom stereocenters. The molecular formula is C25H24N2O3. The van der Waals surface area contributed by atoms with Crippen LogP contribution >= 0.6 is 0 Å². The van der Waals surface area contributed by atoms with Crippen molar-refractivity contribution in [2.24, 2.45) is 0 Å². The summed E-state index contributed by atoms with van der Waals surface area (Å²) in [7, 11) is 3.26. The highest BCUT2D eigenvalue weighted by Gasteiger charge is 2.09. The van der Waals surface area contributed by atoms with Crippen molar-refractivity contribution < 1.29 is 14.2 Å². The van der Waals surface area contributed by atoms with E-state index in [4.69, 9.17) is 14.2 Å².